The SMILES string of the molecule is Cc1csc(N2CCC(C(=O)NC3CC3)CC2)n1. The summed E-state index contributed by atoms with van der Waals surface area (Å²) in [7, 11) is 0. The molecule has 1 aliphatic carbocycles. The number of rotatable bonds is 3. The molecular formula is C13H19N3OS. The van der Waals surface area contributed by atoms with Crippen LogP contribution in [0, 0.1) is 12.8 Å². The Balaban J connectivity index is 1.52. The largest absolute Gasteiger partial charge is 0.353 e. The number of amides is 1. The number of nitrogens with one attached hydrogen (secondary N) is 1. The summed E-state index contributed by atoms with van der Waals surface area (Å²) >= 11 is 1.70. The topological polar surface area (TPSA) is 45.2 Å². The number of aromatic nitrogens is 1. The molecule has 0 atom stereocenters. The Morgan fingerprint density at radius 1 is 1.39 bits per heavy atom. The lowest BCUT2D eigenvalue weighted by molar-refractivity contribution is -0.125. The average molecular weight is 265 g/mol. The van der Waals surface area contributed by atoms with E-state index in [-0.39, 0.29) is 11.8 Å². The molecule has 0 spiro atoms. The maximum Gasteiger partial charge on any atom is 0.223 e. The normalized spacial score (nSPS) is 21.1. The molecule has 18 heavy (non-hydrogen) atoms. The molecule has 0 unspecified atom stereocenters. The van der Waals surface area contributed by atoms with E-state index in [1.807, 2.05) is 6.92 Å². The Morgan fingerprint density at radius 2 is 2.11 bits per heavy atom. The van der Waals surface area contributed by atoms with Crippen LogP contribution >= 0.6 is 11.3 Å². The van der Waals surface area contributed by atoms with Crippen molar-refractivity contribution in [2.45, 2.75) is 38.6 Å². The molecule has 0 aromatic carbocycles. The average Bonchev–Trinajstić information content (AvgIpc) is 3.09. The molecule has 2 fully saturated rings. The Labute approximate surface area is 111 Å². The van der Waals surface area contributed by atoms with Crippen molar-refractivity contribution in [1.29, 1.82) is 0 Å². The van der Waals surface area contributed by atoms with Crippen molar-refractivity contribution >= 4 is 22.4 Å². The van der Waals surface area contributed by atoms with E-state index in [4.69, 9.17) is 0 Å². The molecule has 1 N–H and O–H groups in total. The van der Waals surface area contributed by atoms with Crippen molar-refractivity contribution in [2.24, 2.45) is 5.92 Å². The molecule has 98 valence electrons. The highest BCUT2D eigenvalue weighted by atomic mass is 32.1. The number of carbonyl (C=O) groups excluding carboxylic acids is 1. The fourth-order valence-corrected chi connectivity index (χ4v) is 3.22. The van der Waals surface area contributed by atoms with Crippen LogP contribution in [0.25, 0.3) is 0 Å². The molecule has 3 rings (SSSR count). The van der Waals surface area contributed by atoms with Gasteiger partial charge in [0.05, 0.1) is 5.69 Å². The second-order valence-electron chi connectivity index (χ2n) is 5.32. The van der Waals surface area contributed by atoms with Crippen LogP contribution in [0.4, 0.5) is 5.13 Å². The second kappa shape index (κ2) is 4.88. The van der Waals surface area contributed by atoms with E-state index in [1.54, 1.807) is 11.3 Å². The molecule has 2 aliphatic rings. The minimum Gasteiger partial charge on any atom is -0.353 e. The van der Waals surface area contributed by atoms with Crippen molar-refractivity contribution < 1.29 is 4.79 Å². The van der Waals surface area contributed by atoms with Gasteiger partial charge in [-0.15, -0.1) is 11.3 Å². The first-order chi connectivity index (χ1) is 8.72. The van der Waals surface area contributed by atoms with Gasteiger partial charge in [-0.1, -0.05) is 0 Å². The summed E-state index contributed by atoms with van der Waals surface area (Å²) in [5.74, 6) is 0.482. The molecule has 2 heterocycles. The highest BCUT2D eigenvalue weighted by molar-refractivity contribution is 7.13. The van der Waals surface area contributed by atoms with Crippen LogP contribution in [0.2, 0.25) is 0 Å². The minimum absolute atomic E-state index is 0.211. The highest BCUT2D eigenvalue weighted by Gasteiger charge is 2.30. The molecule has 1 aromatic rings. The van der Waals surface area contributed by atoms with Gasteiger partial charge >= 0.3 is 0 Å². The van der Waals surface area contributed by atoms with Gasteiger partial charge in [-0.2, -0.15) is 0 Å². The molecule has 1 amide bonds. The first kappa shape index (κ1) is 12.0. The molecule has 0 bridgehead atoms. The van der Waals surface area contributed by atoms with Gasteiger partial charge in [0.25, 0.3) is 0 Å². The van der Waals surface area contributed by atoms with E-state index in [0.717, 1.165) is 36.8 Å². The zero-order chi connectivity index (χ0) is 12.5. The third-order valence-electron chi connectivity index (χ3n) is 3.67. The van der Waals surface area contributed by atoms with Crippen LogP contribution in [-0.2, 0) is 4.79 Å². The molecule has 1 saturated carbocycles. The van der Waals surface area contributed by atoms with E-state index < -0.39 is 0 Å². The van der Waals surface area contributed by atoms with Crippen LogP contribution in [0.3, 0.4) is 0 Å². The minimum atomic E-state index is 0.211. The van der Waals surface area contributed by atoms with Crippen LogP contribution in [-0.4, -0.2) is 30.0 Å². The van der Waals surface area contributed by atoms with Gasteiger partial charge in [-0.3, -0.25) is 4.79 Å². The molecule has 0 radical (unpaired) electrons. The number of aryl methyl sites for hydroxylation is 1. The van der Waals surface area contributed by atoms with Crippen LogP contribution < -0.4 is 10.2 Å². The summed E-state index contributed by atoms with van der Waals surface area (Å²) in [6.07, 6.45) is 4.25. The summed E-state index contributed by atoms with van der Waals surface area (Å²) in [5.41, 5.74) is 1.09. The van der Waals surface area contributed by atoms with Gasteiger partial charge < -0.3 is 10.2 Å². The van der Waals surface area contributed by atoms with Gasteiger partial charge in [0.15, 0.2) is 5.13 Å². The van der Waals surface area contributed by atoms with Crippen molar-refractivity contribution in [1.82, 2.24) is 10.3 Å². The van der Waals surface area contributed by atoms with E-state index in [1.165, 1.54) is 12.8 Å². The first-order valence-electron chi connectivity index (χ1n) is 6.70. The predicted octanol–water partition coefficient (Wildman–Crippen LogP) is 1.95. The Hall–Kier alpha value is -1.10. The zero-order valence-electron chi connectivity index (χ0n) is 10.7. The lowest BCUT2D eigenvalue weighted by Gasteiger charge is -2.31. The third-order valence-corrected chi connectivity index (χ3v) is 4.69. The van der Waals surface area contributed by atoms with E-state index >= 15 is 0 Å². The monoisotopic (exact) mass is 265 g/mol. The van der Waals surface area contributed by atoms with Crippen molar-refractivity contribution in [3.8, 4) is 0 Å². The summed E-state index contributed by atoms with van der Waals surface area (Å²) in [6, 6.07) is 0.483. The summed E-state index contributed by atoms with van der Waals surface area (Å²) < 4.78 is 0. The van der Waals surface area contributed by atoms with Crippen molar-refractivity contribution in [2.75, 3.05) is 18.0 Å². The summed E-state index contributed by atoms with van der Waals surface area (Å²) in [6.45, 7) is 3.93. The van der Waals surface area contributed by atoms with Gasteiger partial charge in [0.1, 0.15) is 0 Å². The van der Waals surface area contributed by atoms with Gasteiger partial charge in [-0.25, -0.2) is 4.98 Å². The highest BCUT2D eigenvalue weighted by Crippen LogP contribution is 2.27. The van der Waals surface area contributed by atoms with Gasteiger partial charge in [-0.05, 0) is 32.6 Å². The fraction of sp³-hybridized carbons (Fsp3) is 0.692. The number of hydrogen-bond acceptors (Lipinski definition) is 4. The lowest BCUT2D eigenvalue weighted by Crippen LogP contribution is -2.41. The third kappa shape index (κ3) is 2.66. The number of piperidine rings is 1. The van der Waals surface area contributed by atoms with E-state index in [0.29, 0.717) is 6.04 Å². The predicted molar refractivity (Wildman–Crippen MR) is 73.0 cm³/mol. The van der Waals surface area contributed by atoms with Crippen LogP contribution in [0.1, 0.15) is 31.4 Å². The summed E-state index contributed by atoms with van der Waals surface area (Å²) in [4.78, 5) is 18.8. The maximum absolute atomic E-state index is 12.0. The van der Waals surface area contributed by atoms with Gasteiger partial charge in [0.2, 0.25) is 5.91 Å². The maximum atomic E-state index is 12.0. The zero-order valence-corrected chi connectivity index (χ0v) is 11.5. The number of nitrogens with zero attached hydrogens (tertiary/aromatic N) is 2. The fourth-order valence-electron chi connectivity index (χ4n) is 2.37. The number of anilines is 1. The Bertz CT molecular complexity index is 433. The van der Waals surface area contributed by atoms with Gasteiger partial charge in [0, 0.05) is 30.4 Å². The van der Waals surface area contributed by atoms with Crippen molar-refractivity contribution in [3.63, 3.8) is 0 Å². The molecular weight excluding hydrogens is 246 g/mol. The second-order valence-corrected chi connectivity index (χ2v) is 6.15. The van der Waals surface area contributed by atoms with Crippen LogP contribution in [0.15, 0.2) is 5.38 Å². The number of hydrogen-bond donors (Lipinski definition) is 1. The van der Waals surface area contributed by atoms with E-state index in [9.17, 15) is 4.79 Å². The molecule has 1 saturated heterocycles. The molecule has 1 aromatic heterocycles. The van der Waals surface area contributed by atoms with Crippen molar-refractivity contribution in [3.05, 3.63) is 11.1 Å². The lowest BCUT2D eigenvalue weighted by atomic mass is 9.96. The standard InChI is InChI=1S/C13H19N3OS/c1-9-8-18-13(14-9)16-6-4-10(5-7-16)12(17)15-11-2-3-11/h8,10-11H,2-7H2,1H3,(H,15,17). The van der Waals surface area contributed by atoms with E-state index in [2.05, 4.69) is 20.6 Å². The number of thiazole rings is 1. The number of carbonyl (C=O) groups is 1. The summed E-state index contributed by atoms with van der Waals surface area (Å²) in [5, 5.41) is 6.30. The Kier molecular flexibility index (Phi) is 3.24. The molecule has 5 heteroatoms. The molecule has 4 nitrogen and oxygen atoms in total. The van der Waals surface area contributed by atoms with Crippen LogP contribution in [0.5, 0.6) is 0 Å². The first-order valence-corrected chi connectivity index (χ1v) is 7.58. The quantitative estimate of drug-likeness (QED) is 0.908. The molecule has 1 aliphatic heterocycles. The smallest absolute Gasteiger partial charge is 0.223 e. The Morgan fingerprint density at radius 3 is 2.67 bits per heavy atom.